The molecule has 5 nitrogen and oxygen atoms in total. The molecule has 0 unspecified atom stereocenters. The van der Waals surface area contributed by atoms with E-state index in [9.17, 15) is 4.79 Å². The van der Waals surface area contributed by atoms with Gasteiger partial charge in [0.15, 0.2) is 5.82 Å². The third-order valence-electron chi connectivity index (χ3n) is 3.00. The van der Waals surface area contributed by atoms with Crippen LogP contribution in [0.4, 0.5) is 5.82 Å². The number of rotatable bonds is 4. The van der Waals surface area contributed by atoms with Crippen LogP contribution < -0.4 is 5.32 Å². The monoisotopic (exact) mass is 246 g/mol. The van der Waals surface area contributed by atoms with Crippen LogP contribution in [0.1, 0.15) is 35.2 Å². The second-order valence-corrected chi connectivity index (χ2v) is 4.40. The zero-order chi connectivity index (χ0) is 13.1. The molecule has 0 atom stereocenters. The number of amides is 1. The number of nitrogens with one attached hydrogen (secondary N) is 2. The Hall–Kier alpha value is -2.04. The Morgan fingerprint density at radius 2 is 2.28 bits per heavy atom. The van der Waals surface area contributed by atoms with Crippen LogP contribution in [0.15, 0.2) is 18.2 Å². The lowest BCUT2D eigenvalue weighted by molar-refractivity contribution is 0.101. The fourth-order valence-corrected chi connectivity index (χ4v) is 1.84. The van der Waals surface area contributed by atoms with Crippen molar-refractivity contribution in [3.8, 4) is 0 Å². The summed E-state index contributed by atoms with van der Waals surface area (Å²) in [5.41, 5.74) is 2.72. The minimum Gasteiger partial charge on any atom is -0.344 e. The molecule has 0 saturated carbocycles. The Kier molecular flexibility index (Phi) is 3.50. The molecule has 2 N–H and O–H groups in total. The fourth-order valence-electron chi connectivity index (χ4n) is 1.84. The van der Waals surface area contributed by atoms with Crippen LogP contribution in [0.25, 0.3) is 0 Å². The molecule has 0 aliphatic heterocycles. The summed E-state index contributed by atoms with van der Waals surface area (Å²) in [5.74, 6) is 0.433. The molecule has 18 heavy (non-hydrogen) atoms. The SMILES string of the molecule is CCCc1cc(NC(=O)c2ccc(C)n2C)n[nH]1. The number of nitrogens with zero attached hydrogens (tertiary/aromatic N) is 2. The number of H-pyrrole nitrogens is 1. The summed E-state index contributed by atoms with van der Waals surface area (Å²) < 4.78 is 1.86. The highest BCUT2D eigenvalue weighted by Gasteiger charge is 2.12. The van der Waals surface area contributed by atoms with Crippen molar-refractivity contribution in [1.82, 2.24) is 14.8 Å². The lowest BCUT2D eigenvalue weighted by atomic mass is 10.2. The standard InChI is InChI=1S/C13H18N4O/c1-4-5-10-8-12(16-15-10)14-13(18)11-7-6-9(2)17(11)3/h6-8H,4-5H2,1-3H3,(H2,14,15,16,18). The van der Waals surface area contributed by atoms with E-state index in [1.54, 1.807) is 0 Å². The van der Waals surface area contributed by atoms with Gasteiger partial charge in [-0.1, -0.05) is 13.3 Å². The number of aryl methyl sites for hydroxylation is 2. The van der Waals surface area contributed by atoms with Gasteiger partial charge in [-0.15, -0.1) is 0 Å². The van der Waals surface area contributed by atoms with Gasteiger partial charge in [-0.2, -0.15) is 5.10 Å². The number of anilines is 1. The van der Waals surface area contributed by atoms with Crippen LogP contribution in [-0.2, 0) is 13.5 Å². The Balaban J connectivity index is 2.09. The number of aromatic amines is 1. The fraction of sp³-hybridized carbons (Fsp3) is 0.385. The van der Waals surface area contributed by atoms with E-state index < -0.39 is 0 Å². The zero-order valence-electron chi connectivity index (χ0n) is 10.9. The van der Waals surface area contributed by atoms with Crippen molar-refractivity contribution >= 4 is 11.7 Å². The molecular formula is C13H18N4O. The molecule has 2 aromatic heterocycles. The number of carbonyl (C=O) groups is 1. The summed E-state index contributed by atoms with van der Waals surface area (Å²) >= 11 is 0. The third-order valence-corrected chi connectivity index (χ3v) is 3.00. The molecule has 5 heteroatoms. The van der Waals surface area contributed by atoms with Crippen molar-refractivity contribution < 1.29 is 4.79 Å². The lowest BCUT2D eigenvalue weighted by Gasteiger charge is -2.04. The summed E-state index contributed by atoms with van der Waals surface area (Å²) in [6.07, 6.45) is 1.98. The first-order valence-corrected chi connectivity index (χ1v) is 6.09. The van der Waals surface area contributed by atoms with Crippen LogP contribution in [-0.4, -0.2) is 20.7 Å². The van der Waals surface area contributed by atoms with Crippen LogP contribution in [0.2, 0.25) is 0 Å². The maximum atomic E-state index is 12.0. The maximum absolute atomic E-state index is 12.0. The Morgan fingerprint density at radius 1 is 1.50 bits per heavy atom. The molecule has 0 aromatic carbocycles. The molecule has 0 saturated heterocycles. The molecule has 1 amide bonds. The van der Waals surface area contributed by atoms with Gasteiger partial charge < -0.3 is 9.88 Å². The van der Waals surface area contributed by atoms with E-state index in [-0.39, 0.29) is 5.91 Å². The van der Waals surface area contributed by atoms with E-state index in [1.165, 1.54) is 0 Å². The minimum atomic E-state index is -0.139. The quantitative estimate of drug-likeness (QED) is 0.869. The molecule has 0 fully saturated rings. The largest absolute Gasteiger partial charge is 0.344 e. The summed E-state index contributed by atoms with van der Waals surface area (Å²) in [6.45, 7) is 4.07. The van der Waals surface area contributed by atoms with Gasteiger partial charge in [0.05, 0.1) is 0 Å². The molecular weight excluding hydrogens is 228 g/mol. The van der Waals surface area contributed by atoms with Crippen molar-refractivity contribution in [2.45, 2.75) is 26.7 Å². The molecule has 0 aliphatic carbocycles. The Bertz CT molecular complexity index is 553. The number of hydrogen-bond donors (Lipinski definition) is 2. The molecule has 0 radical (unpaired) electrons. The Morgan fingerprint density at radius 3 is 2.89 bits per heavy atom. The van der Waals surface area contributed by atoms with Gasteiger partial charge in [-0.25, -0.2) is 0 Å². The number of carbonyl (C=O) groups excluding carboxylic acids is 1. The minimum absolute atomic E-state index is 0.139. The van der Waals surface area contributed by atoms with Crippen LogP contribution >= 0.6 is 0 Å². The first-order valence-electron chi connectivity index (χ1n) is 6.09. The highest BCUT2D eigenvalue weighted by molar-refractivity contribution is 6.02. The zero-order valence-corrected chi connectivity index (χ0v) is 10.9. The molecule has 2 heterocycles. The van der Waals surface area contributed by atoms with Gasteiger partial charge in [-0.05, 0) is 25.5 Å². The normalized spacial score (nSPS) is 10.6. The summed E-state index contributed by atoms with van der Waals surface area (Å²) in [4.78, 5) is 12.0. The molecule has 2 aromatic rings. The van der Waals surface area contributed by atoms with Gasteiger partial charge in [0, 0.05) is 24.5 Å². The first-order chi connectivity index (χ1) is 8.61. The average molecular weight is 246 g/mol. The second kappa shape index (κ2) is 5.08. The first kappa shape index (κ1) is 12.4. The van der Waals surface area contributed by atoms with E-state index in [4.69, 9.17) is 0 Å². The second-order valence-electron chi connectivity index (χ2n) is 4.40. The number of hydrogen-bond acceptors (Lipinski definition) is 2. The van der Waals surface area contributed by atoms with Crippen molar-refractivity contribution in [3.63, 3.8) is 0 Å². The average Bonchev–Trinajstić information content (AvgIpc) is 2.89. The molecule has 0 aliphatic rings. The van der Waals surface area contributed by atoms with Crippen molar-refractivity contribution in [2.24, 2.45) is 7.05 Å². The van der Waals surface area contributed by atoms with Crippen molar-refractivity contribution in [1.29, 1.82) is 0 Å². The molecule has 0 spiro atoms. The van der Waals surface area contributed by atoms with Gasteiger partial charge in [0.1, 0.15) is 5.69 Å². The lowest BCUT2D eigenvalue weighted by Crippen LogP contribution is -2.16. The van der Waals surface area contributed by atoms with E-state index in [0.717, 1.165) is 24.2 Å². The predicted octanol–water partition coefficient (Wildman–Crippen LogP) is 2.26. The van der Waals surface area contributed by atoms with Crippen molar-refractivity contribution in [2.75, 3.05) is 5.32 Å². The maximum Gasteiger partial charge on any atom is 0.273 e. The summed E-state index contributed by atoms with van der Waals surface area (Å²) in [7, 11) is 1.87. The third kappa shape index (κ3) is 2.45. The van der Waals surface area contributed by atoms with E-state index >= 15 is 0 Å². The molecule has 96 valence electrons. The van der Waals surface area contributed by atoms with Crippen molar-refractivity contribution in [3.05, 3.63) is 35.3 Å². The van der Waals surface area contributed by atoms with Gasteiger partial charge >= 0.3 is 0 Å². The van der Waals surface area contributed by atoms with E-state index in [2.05, 4.69) is 22.4 Å². The summed E-state index contributed by atoms with van der Waals surface area (Å²) in [6, 6.07) is 5.60. The smallest absolute Gasteiger partial charge is 0.273 e. The van der Waals surface area contributed by atoms with Gasteiger partial charge in [0.2, 0.25) is 0 Å². The predicted molar refractivity (Wildman–Crippen MR) is 70.7 cm³/mol. The van der Waals surface area contributed by atoms with E-state index in [0.29, 0.717) is 11.5 Å². The Labute approximate surface area is 106 Å². The summed E-state index contributed by atoms with van der Waals surface area (Å²) in [5, 5.41) is 9.77. The molecule has 2 rings (SSSR count). The van der Waals surface area contributed by atoms with E-state index in [1.807, 2.05) is 36.7 Å². The molecule has 0 bridgehead atoms. The number of aromatic nitrogens is 3. The van der Waals surface area contributed by atoms with Crippen LogP contribution in [0.3, 0.4) is 0 Å². The highest BCUT2D eigenvalue weighted by Crippen LogP contribution is 2.11. The van der Waals surface area contributed by atoms with Crippen LogP contribution in [0, 0.1) is 6.92 Å². The topological polar surface area (TPSA) is 62.7 Å². The van der Waals surface area contributed by atoms with Gasteiger partial charge in [0.25, 0.3) is 5.91 Å². The highest BCUT2D eigenvalue weighted by atomic mass is 16.2. The van der Waals surface area contributed by atoms with Gasteiger partial charge in [-0.3, -0.25) is 9.89 Å². The van der Waals surface area contributed by atoms with Crippen LogP contribution in [0.5, 0.6) is 0 Å².